The lowest BCUT2D eigenvalue weighted by molar-refractivity contribution is -0.137. The fourth-order valence-electron chi connectivity index (χ4n) is 4.16. The highest BCUT2D eigenvalue weighted by Gasteiger charge is 2.29. The summed E-state index contributed by atoms with van der Waals surface area (Å²) >= 11 is 11.9. The number of piperidine rings is 1. The van der Waals surface area contributed by atoms with Crippen LogP contribution in [0.3, 0.4) is 0 Å². The Labute approximate surface area is 181 Å². The summed E-state index contributed by atoms with van der Waals surface area (Å²) in [5.41, 5.74) is 0.519. The molecule has 160 valence electrons. The van der Waals surface area contributed by atoms with Crippen molar-refractivity contribution >= 4 is 35.1 Å². The van der Waals surface area contributed by atoms with Crippen molar-refractivity contribution in [2.24, 2.45) is 5.92 Å². The van der Waals surface area contributed by atoms with Crippen LogP contribution in [0.15, 0.2) is 18.2 Å². The smallest absolute Gasteiger partial charge is 0.315 e. The van der Waals surface area contributed by atoms with Crippen molar-refractivity contribution in [1.29, 1.82) is 0 Å². The number of aliphatic hydroxyl groups is 1. The third-order valence-electron chi connectivity index (χ3n) is 5.87. The molecule has 1 atom stereocenters. The van der Waals surface area contributed by atoms with Crippen molar-refractivity contribution in [3.05, 3.63) is 33.8 Å². The lowest BCUT2D eigenvalue weighted by Gasteiger charge is -2.35. The molecule has 1 unspecified atom stereocenters. The SMILES string of the molecule is O=C(NCC(O)c1ccc(Cl)cc1Cl)NC1CCN(C(=O)C2CCCCC2)CC1. The highest BCUT2D eigenvalue weighted by Crippen LogP contribution is 2.27. The monoisotopic (exact) mass is 441 g/mol. The van der Waals surface area contributed by atoms with Gasteiger partial charge in [0.05, 0.1) is 6.10 Å². The van der Waals surface area contributed by atoms with E-state index in [1.807, 2.05) is 4.90 Å². The van der Waals surface area contributed by atoms with E-state index in [4.69, 9.17) is 23.2 Å². The first-order valence-electron chi connectivity index (χ1n) is 10.4. The Kier molecular flexibility index (Phi) is 8.04. The van der Waals surface area contributed by atoms with E-state index < -0.39 is 6.10 Å². The number of amides is 3. The number of rotatable bonds is 5. The van der Waals surface area contributed by atoms with Crippen LogP contribution in [0.1, 0.15) is 56.6 Å². The molecule has 2 aliphatic rings. The van der Waals surface area contributed by atoms with Gasteiger partial charge in [-0.05, 0) is 37.8 Å². The lowest BCUT2D eigenvalue weighted by atomic mass is 9.87. The van der Waals surface area contributed by atoms with Gasteiger partial charge in [0.15, 0.2) is 0 Å². The zero-order valence-corrected chi connectivity index (χ0v) is 18.0. The number of hydrogen-bond donors (Lipinski definition) is 3. The highest BCUT2D eigenvalue weighted by molar-refractivity contribution is 6.35. The number of nitrogens with zero attached hydrogens (tertiary/aromatic N) is 1. The summed E-state index contributed by atoms with van der Waals surface area (Å²) in [5, 5.41) is 16.7. The van der Waals surface area contributed by atoms with E-state index in [1.54, 1.807) is 18.2 Å². The number of carbonyl (C=O) groups is 2. The van der Waals surface area contributed by atoms with Crippen LogP contribution in [0, 0.1) is 5.92 Å². The van der Waals surface area contributed by atoms with Gasteiger partial charge in [-0.3, -0.25) is 4.79 Å². The van der Waals surface area contributed by atoms with Gasteiger partial charge in [-0.15, -0.1) is 0 Å². The Morgan fingerprint density at radius 1 is 1.10 bits per heavy atom. The maximum Gasteiger partial charge on any atom is 0.315 e. The van der Waals surface area contributed by atoms with Crippen molar-refractivity contribution in [3.63, 3.8) is 0 Å². The van der Waals surface area contributed by atoms with Gasteiger partial charge in [0, 0.05) is 47.2 Å². The van der Waals surface area contributed by atoms with Gasteiger partial charge in [0.2, 0.25) is 5.91 Å². The molecule has 2 fully saturated rings. The van der Waals surface area contributed by atoms with E-state index >= 15 is 0 Å². The largest absolute Gasteiger partial charge is 0.387 e. The minimum absolute atomic E-state index is 0.0293. The molecule has 6 nitrogen and oxygen atoms in total. The molecule has 1 aliphatic heterocycles. The number of likely N-dealkylation sites (tertiary alicyclic amines) is 1. The van der Waals surface area contributed by atoms with Gasteiger partial charge in [-0.2, -0.15) is 0 Å². The number of benzene rings is 1. The first kappa shape index (κ1) is 22.2. The van der Waals surface area contributed by atoms with Crippen LogP contribution in [-0.2, 0) is 4.79 Å². The zero-order chi connectivity index (χ0) is 20.8. The van der Waals surface area contributed by atoms with E-state index in [-0.39, 0.29) is 30.4 Å². The molecule has 3 rings (SSSR count). The second-order valence-electron chi connectivity index (χ2n) is 7.97. The van der Waals surface area contributed by atoms with E-state index in [0.29, 0.717) is 28.7 Å². The number of aliphatic hydroxyl groups excluding tert-OH is 1. The fourth-order valence-corrected chi connectivity index (χ4v) is 4.69. The number of carbonyl (C=O) groups excluding carboxylic acids is 2. The van der Waals surface area contributed by atoms with Crippen molar-refractivity contribution in [1.82, 2.24) is 15.5 Å². The maximum atomic E-state index is 12.6. The standard InChI is InChI=1S/C21H29Cl2N3O3/c22-15-6-7-17(18(23)12-15)19(27)13-24-21(29)25-16-8-10-26(11-9-16)20(28)14-4-2-1-3-5-14/h6-7,12,14,16,19,27H,1-5,8-11,13H2,(H2,24,25,29). The molecular formula is C21H29Cl2N3O3. The van der Waals surface area contributed by atoms with Crippen LogP contribution in [0.25, 0.3) is 0 Å². The molecule has 1 aromatic rings. The molecule has 8 heteroatoms. The quantitative estimate of drug-likeness (QED) is 0.647. The summed E-state index contributed by atoms with van der Waals surface area (Å²) in [6.07, 6.45) is 6.15. The molecule has 3 amide bonds. The van der Waals surface area contributed by atoms with E-state index in [1.165, 1.54) is 6.42 Å². The summed E-state index contributed by atoms with van der Waals surface area (Å²) < 4.78 is 0. The average Bonchev–Trinajstić information content (AvgIpc) is 2.73. The van der Waals surface area contributed by atoms with Gasteiger partial charge < -0.3 is 20.6 Å². The van der Waals surface area contributed by atoms with Crippen LogP contribution in [0.2, 0.25) is 10.0 Å². The molecule has 1 heterocycles. The Hall–Kier alpha value is -1.50. The third kappa shape index (κ3) is 6.24. The van der Waals surface area contributed by atoms with Gasteiger partial charge in [-0.1, -0.05) is 48.5 Å². The number of halogens is 2. The number of urea groups is 1. The van der Waals surface area contributed by atoms with Crippen molar-refractivity contribution in [2.45, 2.75) is 57.1 Å². The Balaban J connectivity index is 1.38. The van der Waals surface area contributed by atoms with E-state index in [2.05, 4.69) is 10.6 Å². The predicted octanol–water partition coefficient (Wildman–Crippen LogP) is 3.90. The molecule has 1 aliphatic carbocycles. The minimum Gasteiger partial charge on any atom is -0.387 e. The first-order valence-corrected chi connectivity index (χ1v) is 11.2. The lowest BCUT2D eigenvalue weighted by Crippen LogP contribution is -2.50. The van der Waals surface area contributed by atoms with Crippen LogP contribution in [-0.4, -0.2) is 47.6 Å². The summed E-state index contributed by atoms with van der Waals surface area (Å²) in [7, 11) is 0. The minimum atomic E-state index is -0.916. The Morgan fingerprint density at radius 2 is 1.79 bits per heavy atom. The molecule has 1 saturated carbocycles. The second kappa shape index (κ2) is 10.5. The van der Waals surface area contributed by atoms with Crippen LogP contribution in [0.5, 0.6) is 0 Å². The zero-order valence-electron chi connectivity index (χ0n) is 16.5. The van der Waals surface area contributed by atoms with Crippen molar-refractivity contribution in [3.8, 4) is 0 Å². The van der Waals surface area contributed by atoms with Gasteiger partial charge in [0.1, 0.15) is 0 Å². The summed E-state index contributed by atoms with van der Waals surface area (Å²) in [5.74, 6) is 0.480. The highest BCUT2D eigenvalue weighted by atomic mass is 35.5. The summed E-state index contributed by atoms with van der Waals surface area (Å²) in [6, 6.07) is 4.56. The summed E-state index contributed by atoms with van der Waals surface area (Å²) in [4.78, 5) is 26.8. The summed E-state index contributed by atoms with van der Waals surface area (Å²) in [6.45, 7) is 1.42. The van der Waals surface area contributed by atoms with Crippen LogP contribution in [0.4, 0.5) is 4.79 Å². The second-order valence-corrected chi connectivity index (χ2v) is 8.81. The normalized spacial score (nSPS) is 19.6. The molecule has 0 radical (unpaired) electrons. The van der Waals surface area contributed by atoms with Crippen LogP contribution >= 0.6 is 23.2 Å². The van der Waals surface area contributed by atoms with E-state index in [0.717, 1.165) is 38.5 Å². The third-order valence-corrected chi connectivity index (χ3v) is 6.44. The Bertz CT molecular complexity index is 717. The first-order chi connectivity index (χ1) is 13.9. The van der Waals surface area contributed by atoms with Crippen molar-refractivity contribution < 1.29 is 14.7 Å². The van der Waals surface area contributed by atoms with E-state index in [9.17, 15) is 14.7 Å². The van der Waals surface area contributed by atoms with Crippen LogP contribution < -0.4 is 10.6 Å². The van der Waals surface area contributed by atoms with Crippen molar-refractivity contribution in [2.75, 3.05) is 19.6 Å². The average molecular weight is 442 g/mol. The Morgan fingerprint density at radius 3 is 2.45 bits per heavy atom. The molecule has 1 aromatic carbocycles. The topological polar surface area (TPSA) is 81.7 Å². The number of nitrogens with one attached hydrogen (secondary N) is 2. The molecule has 3 N–H and O–H groups in total. The predicted molar refractivity (Wildman–Crippen MR) is 114 cm³/mol. The van der Waals surface area contributed by atoms with Gasteiger partial charge in [-0.25, -0.2) is 4.79 Å². The fraction of sp³-hybridized carbons (Fsp3) is 0.619. The molecule has 29 heavy (non-hydrogen) atoms. The molecule has 0 spiro atoms. The molecular weight excluding hydrogens is 413 g/mol. The molecule has 1 saturated heterocycles. The van der Waals surface area contributed by atoms with Gasteiger partial charge >= 0.3 is 6.03 Å². The number of hydrogen-bond acceptors (Lipinski definition) is 3. The molecule has 0 aromatic heterocycles. The van der Waals surface area contributed by atoms with Gasteiger partial charge in [0.25, 0.3) is 0 Å². The molecule has 0 bridgehead atoms. The maximum absolute atomic E-state index is 12.6.